The number of aryl methyl sites for hydroxylation is 1. The van der Waals surface area contributed by atoms with Crippen LogP contribution in [0.3, 0.4) is 0 Å². The monoisotopic (exact) mass is 502 g/mol. The molecule has 7 nitrogen and oxygen atoms in total. The van der Waals surface area contributed by atoms with Crippen molar-refractivity contribution in [2.45, 2.75) is 70.6 Å². The molecule has 4 rings (SSSR count). The van der Waals surface area contributed by atoms with Gasteiger partial charge >= 0.3 is 0 Å². The summed E-state index contributed by atoms with van der Waals surface area (Å²) in [6.45, 7) is 4.08. The molecular weight excluding hydrogens is 464 g/mol. The fraction of sp³-hybridized carbons (Fsp3) is 0.500. The van der Waals surface area contributed by atoms with Crippen molar-refractivity contribution in [1.29, 1.82) is 5.26 Å². The van der Waals surface area contributed by atoms with Gasteiger partial charge in [0, 0.05) is 49.8 Å². The van der Waals surface area contributed by atoms with E-state index < -0.39 is 0 Å². The summed E-state index contributed by atoms with van der Waals surface area (Å²) in [7, 11) is 1.98. The van der Waals surface area contributed by atoms with Crippen LogP contribution < -0.4 is 9.64 Å². The summed E-state index contributed by atoms with van der Waals surface area (Å²) < 4.78 is 6.23. The average Bonchev–Trinajstić information content (AvgIpc) is 2.94. The molecule has 7 heteroatoms. The van der Waals surface area contributed by atoms with Crippen LogP contribution in [0.1, 0.15) is 67.8 Å². The van der Waals surface area contributed by atoms with E-state index in [2.05, 4.69) is 24.0 Å². The lowest BCUT2D eigenvalue weighted by Crippen LogP contribution is -2.50. The maximum absolute atomic E-state index is 13.2. The number of para-hydroxylation sites is 1. The number of likely N-dealkylation sites (tertiary alicyclic amines) is 1. The Balaban J connectivity index is 1.34. The molecule has 37 heavy (non-hydrogen) atoms. The Hall–Kier alpha value is -3.37. The summed E-state index contributed by atoms with van der Waals surface area (Å²) in [5.41, 5.74) is 2.92. The highest BCUT2D eigenvalue weighted by Gasteiger charge is 2.33. The summed E-state index contributed by atoms with van der Waals surface area (Å²) in [5.74, 6) is 0.932. The van der Waals surface area contributed by atoms with Crippen LogP contribution in [-0.4, -0.2) is 60.6 Å². The lowest BCUT2D eigenvalue weighted by Gasteiger charge is -2.41. The Morgan fingerprint density at radius 3 is 2.57 bits per heavy atom. The van der Waals surface area contributed by atoms with Crippen LogP contribution in [0.25, 0.3) is 0 Å². The summed E-state index contributed by atoms with van der Waals surface area (Å²) in [4.78, 5) is 31.9. The van der Waals surface area contributed by atoms with Crippen molar-refractivity contribution < 1.29 is 14.3 Å². The number of fused-ring (bicyclic) bond motifs is 1. The molecule has 2 aliphatic rings. The topological polar surface area (TPSA) is 76.9 Å². The fourth-order valence-corrected chi connectivity index (χ4v) is 5.32. The third-order valence-electron chi connectivity index (χ3n) is 7.49. The van der Waals surface area contributed by atoms with E-state index in [1.165, 1.54) is 5.56 Å². The van der Waals surface area contributed by atoms with Gasteiger partial charge in [-0.2, -0.15) is 5.26 Å². The number of carbonyl (C=O) groups excluding carboxylic acids is 2. The van der Waals surface area contributed by atoms with E-state index in [4.69, 9.17) is 10.00 Å². The van der Waals surface area contributed by atoms with E-state index in [9.17, 15) is 9.59 Å². The van der Waals surface area contributed by atoms with Crippen LogP contribution in [0, 0.1) is 11.3 Å². The molecule has 196 valence electrons. The van der Waals surface area contributed by atoms with Crippen LogP contribution in [0.5, 0.6) is 5.75 Å². The van der Waals surface area contributed by atoms with Gasteiger partial charge in [0.15, 0.2) is 6.23 Å². The Morgan fingerprint density at radius 2 is 1.86 bits per heavy atom. The van der Waals surface area contributed by atoms with Gasteiger partial charge in [-0.3, -0.25) is 14.5 Å². The highest BCUT2D eigenvalue weighted by molar-refractivity contribution is 5.97. The number of nitrogens with zero attached hydrogens (tertiary/aromatic N) is 4. The van der Waals surface area contributed by atoms with Gasteiger partial charge < -0.3 is 14.5 Å². The minimum absolute atomic E-state index is 0.0176. The molecule has 1 fully saturated rings. The Labute approximate surface area is 220 Å². The summed E-state index contributed by atoms with van der Waals surface area (Å²) in [5, 5.41) is 8.91. The number of nitriles is 1. The predicted molar refractivity (Wildman–Crippen MR) is 144 cm³/mol. The molecule has 2 aromatic rings. The number of piperidine rings is 1. The number of anilines is 1. The van der Waals surface area contributed by atoms with Crippen molar-refractivity contribution in [2.24, 2.45) is 0 Å². The molecule has 0 bridgehead atoms. The van der Waals surface area contributed by atoms with Crippen molar-refractivity contribution >= 4 is 17.5 Å². The zero-order valence-corrected chi connectivity index (χ0v) is 22.1. The third-order valence-corrected chi connectivity index (χ3v) is 7.49. The lowest BCUT2D eigenvalue weighted by atomic mass is 9.95. The fourth-order valence-electron chi connectivity index (χ4n) is 5.32. The van der Waals surface area contributed by atoms with Crippen molar-refractivity contribution in [3.05, 3.63) is 59.7 Å². The molecule has 1 atom stereocenters. The number of amides is 2. The van der Waals surface area contributed by atoms with E-state index in [0.29, 0.717) is 38.0 Å². The molecule has 0 aliphatic carbocycles. The quantitative estimate of drug-likeness (QED) is 0.427. The molecule has 1 saturated heterocycles. The van der Waals surface area contributed by atoms with Crippen LogP contribution in [0.2, 0.25) is 0 Å². The minimum Gasteiger partial charge on any atom is -0.475 e. The molecule has 2 heterocycles. The number of rotatable bonds is 10. The van der Waals surface area contributed by atoms with Gasteiger partial charge in [-0.05, 0) is 75.0 Å². The van der Waals surface area contributed by atoms with Crippen molar-refractivity contribution in [3.8, 4) is 11.8 Å². The first-order valence-corrected chi connectivity index (χ1v) is 13.5. The molecule has 2 aromatic carbocycles. The number of hydrogen-bond acceptors (Lipinski definition) is 5. The van der Waals surface area contributed by atoms with E-state index in [1.54, 1.807) is 0 Å². The second-order valence-corrected chi connectivity index (χ2v) is 10.0. The standard InChI is InChI=1S/C30H38N4O3/c1-3-4-10-29(32(2)20-7-19-31)37-26-14-11-24(12-15-26)30(36)33-21-17-25(18-22-33)34-27-9-6-5-8-23(27)13-16-28(34)35/h5-6,8-9,11-12,14-15,25,29H,3-4,7,10,13,16-18,20-22H2,1-2H3. The van der Waals surface area contributed by atoms with E-state index in [1.807, 2.05) is 59.3 Å². The molecule has 0 spiro atoms. The molecule has 1 unspecified atom stereocenters. The van der Waals surface area contributed by atoms with Crippen LogP contribution >= 0.6 is 0 Å². The van der Waals surface area contributed by atoms with Gasteiger partial charge in [-0.25, -0.2) is 0 Å². The zero-order chi connectivity index (χ0) is 26.2. The number of benzene rings is 2. The first kappa shape index (κ1) is 26.7. The van der Waals surface area contributed by atoms with Gasteiger partial charge in [-0.15, -0.1) is 0 Å². The van der Waals surface area contributed by atoms with Gasteiger partial charge in [0.05, 0.1) is 6.07 Å². The number of carbonyl (C=O) groups is 2. The molecule has 0 saturated carbocycles. The third kappa shape index (κ3) is 6.50. The molecule has 0 N–H and O–H groups in total. The maximum Gasteiger partial charge on any atom is 0.253 e. The SMILES string of the molecule is CCCCC(Oc1ccc(C(=O)N2CCC(N3C(=O)CCc4ccccc43)CC2)cc1)N(C)CCC#N. The summed E-state index contributed by atoms with van der Waals surface area (Å²) in [6, 6.07) is 17.9. The van der Waals surface area contributed by atoms with Crippen molar-refractivity contribution in [3.63, 3.8) is 0 Å². The normalized spacial score (nSPS) is 16.9. The first-order chi connectivity index (χ1) is 18.0. The molecule has 0 aromatic heterocycles. The lowest BCUT2D eigenvalue weighted by molar-refractivity contribution is -0.119. The van der Waals surface area contributed by atoms with E-state index in [-0.39, 0.29) is 24.1 Å². The Morgan fingerprint density at radius 1 is 1.14 bits per heavy atom. The largest absolute Gasteiger partial charge is 0.475 e. The molecular formula is C30H38N4O3. The highest BCUT2D eigenvalue weighted by Crippen LogP contribution is 2.32. The Kier molecular flexibility index (Phi) is 9.19. The van der Waals surface area contributed by atoms with Gasteiger partial charge in [0.1, 0.15) is 5.75 Å². The maximum atomic E-state index is 13.2. The predicted octanol–water partition coefficient (Wildman–Crippen LogP) is 5.01. The second kappa shape index (κ2) is 12.7. The smallest absolute Gasteiger partial charge is 0.253 e. The molecule has 2 aliphatic heterocycles. The van der Waals surface area contributed by atoms with E-state index >= 15 is 0 Å². The minimum atomic E-state index is -0.100. The number of unbranched alkanes of at least 4 members (excludes halogenated alkanes) is 1. The summed E-state index contributed by atoms with van der Waals surface area (Å²) in [6.07, 6.45) is 6.29. The van der Waals surface area contributed by atoms with E-state index in [0.717, 1.165) is 50.0 Å². The van der Waals surface area contributed by atoms with Crippen LogP contribution in [0.15, 0.2) is 48.5 Å². The molecule has 0 radical (unpaired) electrons. The average molecular weight is 503 g/mol. The second-order valence-electron chi connectivity index (χ2n) is 10.0. The number of hydrogen-bond donors (Lipinski definition) is 0. The van der Waals surface area contributed by atoms with Crippen LogP contribution in [0.4, 0.5) is 5.69 Å². The Bertz CT molecular complexity index is 1100. The zero-order valence-electron chi connectivity index (χ0n) is 22.1. The van der Waals surface area contributed by atoms with Crippen LogP contribution in [-0.2, 0) is 11.2 Å². The van der Waals surface area contributed by atoms with Gasteiger partial charge in [0.25, 0.3) is 5.91 Å². The molecule has 2 amide bonds. The first-order valence-electron chi connectivity index (χ1n) is 13.5. The van der Waals surface area contributed by atoms with Crippen molar-refractivity contribution in [1.82, 2.24) is 9.80 Å². The van der Waals surface area contributed by atoms with Crippen molar-refractivity contribution in [2.75, 3.05) is 31.6 Å². The summed E-state index contributed by atoms with van der Waals surface area (Å²) >= 11 is 0. The van der Waals surface area contributed by atoms with Gasteiger partial charge in [-0.1, -0.05) is 31.5 Å². The highest BCUT2D eigenvalue weighted by atomic mass is 16.5. The van der Waals surface area contributed by atoms with Gasteiger partial charge in [0.2, 0.25) is 5.91 Å². The number of ether oxygens (including phenoxy) is 1.